The van der Waals surface area contributed by atoms with Crippen LogP contribution in [0, 0.1) is 17.8 Å². The van der Waals surface area contributed by atoms with Gasteiger partial charge in [-0.2, -0.15) is 0 Å². The number of rotatable bonds is 3. The molecule has 1 aromatic carbocycles. The summed E-state index contributed by atoms with van der Waals surface area (Å²) in [5.41, 5.74) is 8.17. The molecule has 0 unspecified atom stereocenters. The van der Waals surface area contributed by atoms with E-state index in [-0.39, 0.29) is 0 Å². The first kappa shape index (κ1) is 14.7. The number of benzene rings is 1. The summed E-state index contributed by atoms with van der Waals surface area (Å²) in [7, 11) is 0. The molecular formula is C20H29N. The maximum atomic E-state index is 5.79. The fourth-order valence-electron chi connectivity index (χ4n) is 4.54. The van der Waals surface area contributed by atoms with Crippen LogP contribution in [0.5, 0.6) is 0 Å². The average Bonchev–Trinajstić information content (AvgIpc) is 2.56. The van der Waals surface area contributed by atoms with Crippen LogP contribution in [0.25, 0.3) is 0 Å². The highest BCUT2D eigenvalue weighted by molar-refractivity contribution is 5.40. The van der Waals surface area contributed by atoms with E-state index in [1.165, 1.54) is 56.9 Å². The third-order valence-electron chi connectivity index (χ3n) is 6.00. The predicted octanol–water partition coefficient (Wildman–Crippen LogP) is 5.54. The van der Waals surface area contributed by atoms with Crippen molar-refractivity contribution in [1.82, 2.24) is 0 Å². The Morgan fingerprint density at radius 2 is 1.33 bits per heavy atom. The number of hydrogen-bond acceptors (Lipinski definition) is 1. The van der Waals surface area contributed by atoms with Gasteiger partial charge in [-0.15, -0.1) is 6.58 Å². The van der Waals surface area contributed by atoms with E-state index < -0.39 is 0 Å². The summed E-state index contributed by atoms with van der Waals surface area (Å²) in [6, 6.07) is 8.57. The zero-order valence-corrected chi connectivity index (χ0v) is 13.1. The summed E-state index contributed by atoms with van der Waals surface area (Å²) >= 11 is 0. The molecule has 2 saturated carbocycles. The second-order valence-corrected chi connectivity index (χ2v) is 7.19. The molecule has 3 rings (SSSR count). The van der Waals surface area contributed by atoms with Gasteiger partial charge < -0.3 is 5.73 Å². The predicted molar refractivity (Wildman–Crippen MR) is 91.2 cm³/mol. The van der Waals surface area contributed by atoms with Crippen molar-refractivity contribution in [3.63, 3.8) is 0 Å². The molecule has 1 nitrogen and oxygen atoms in total. The Balaban J connectivity index is 1.51. The van der Waals surface area contributed by atoms with Crippen molar-refractivity contribution in [3.05, 3.63) is 42.5 Å². The van der Waals surface area contributed by atoms with Gasteiger partial charge in [0, 0.05) is 5.69 Å². The minimum atomic E-state index is 0.770. The molecule has 2 aliphatic rings. The van der Waals surface area contributed by atoms with Crippen LogP contribution in [0.15, 0.2) is 36.9 Å². The first-order chi connectivity index (χ1) is 10.3. The molecule has 2 N–H and O–H groups in total. The molecule has 0 heterocycles. The second-order valence-electron chi connectivity index (χ2n) is 7.19. The fraction of sp³-hybridized carbons (Fsp3) is 0.600. The SMILES string of the molecule is C=CC1CCC(C2CCC(c3ccc(N)cc3)CC2)CC1. The van der Waals surface area contributed by atoms with Crippen molar-refractivity contribution in [2.75, 3.05) is 5.73 Å². The molecule has 0 saturated heterocycles. The lowest BCUT2D eigenvalue weighted by atomic mass is 9.68. The topological polar surface area (TPSA) is 26.0 Å². The van der Waals surface area contributed by atoms with Crippen LogP contribution in [0.1, 0.15) is 62.8 Å². The highest BCUT2D eigenvalue weighted by atomic mass is 14.5. The maximum absolute atomic E-state index is 5.79. The van der Waals surface area contributed by atoms with E-state index in [4.69, 9.17) is 5.73 Å². The first-order valence-corrected chi connectivity index (χ1v) is 8.74. The van der Waals surface area contributed by atoms with Crippen molar-refractivity contribution < 1.29 is 0 Å². The Labute approximate surface area is 129 Å². The standard InChI is InChI=1S/C20H29N/c1-2-15-3-5-16(6-4-15)17-7-9-18(10-8-17)19-11-13-20(21)14-12-19/h2,11-18H,1,3-10,21H2. The number of nitrogens with two attached hydrogens (primary N) is 1. The normalized spacial score (nSPS) is 33.5. The lowest BCUT2D eigenvalue weighted by Gasteiger charge is -2.37. The van der Waals surface area contributed by atoms with Gasteiger partial charge in [-0.1, -0.05) is 18.2 Å². The van der Waals surface area contributed by atoms with E-state index in [0.29, 0.717) is 0 Å². The van der Waals surface area contributed by atoms with Crippen LogP contribution in [-0.2, 0) is 0 Å². The molecule has 2 fully saturated rings. The molecule has 21 heavy (non-hydrogen) atoms. The van der Waals surface area contributed by atoms with Gasteiger partial charge in [0.2, 0.25) is 0 Å². The monoisotopic (exact) mass is 283 g/mol. The van der Waals surface area contributed by atoms with E-state index in [1.54, 1.807) is 0 Å². The Hall–Kier alpha value is -1.24. The minimum absolute atomic E-state index is 0.770. The lowest BCUT2D eigenvalue weighted by Crippen LogP contribution is -2.25. The van der Waals surface area contributed by atoms with E-state index in [1.807, 2.05) is 0 Å². The van der Waals surface area contributed by atoms with Crippen LogP contribution in [0.4, 0.5) is 5.69 Å². The molecule has 1 heteroatoms. The lowest BCUT2D eigenvalue weighted by molar-refractivity contribution is 0.171. The van der Waals surface area contributed by atoms with Gasteiger partial charge in [-0.25, -0.2) is 0 Å². The van der Waals surface area contributed by atoms with E-state index in [0.717, 1.165) is 29.4 Å². The van der Waals surface area contributed by atoms with Crippen molar-refractivity contribution in [1.29, 1.82) is 0 Å². The smallest absolute Gasteiger partial charge is 0.0314 e. The Morgan fingerprint density at radius 1 is 0.810 bits per heavy atom. The molecule has 0 spiro atoms. The molecule has 0 aliphatic heterocycles. The van der Waals surface area contributed by atoms with Gasteiger partial charge >= 0.3 is 0 Å². The zero-order valence-electron chi connectivity index (χ0n) is 13.1. The quantitative estimate of drug-likeness (QED) is 0.572. The molecule has 0 aromatic heterocycles. The van der Waals surface area contributed by atoms with Crippen LogP contribution < -0.4 is 5.73 Å². The summed E-state index contributed by atoms with van der Waals surface area (Å²) in [4.78, 5) is 0. The summed E-state index contributed by atoms with van der Waals surface area (Å²) in [6.07, 6.45) is 13.4. The highest BCUT2D eigenvalue weighted by Crippen LogP contribution is 2.44. The molecule has 0 amide bonds. The van der Waals surface area contributed by atoms with Gasteiger partial charge in [-0.3, -0.25) is 0 Å². The third kappa shape index (κ3) is 3.51. The molecule has 1 aromatic rings. The van der Waals surface area contributed by atoms with E-state index >= 15 is 0 Å². The van der Waals surface area contributed by atoms with Gasteiger partial charge in [0.05, 0.1) is 0 Å². The maximum Gasteiger partial charge on any atom is 0.0314 e. The molecular weight excluding hydrogens is 254 g/mol. The molecule has 0 bridgehead atoms. The van der Waals surface area contributed by atoms with Crippen molar-refractivity contribution in [2.24, 2.45) is 17.8 Å². The minimum Gasteiger partial charge on any atom is -0.399 e. The molecule has 2 aliphatic carbocycles. The fourth-order valence-corrected chi connectivity index (χ4v) is 4.54. The summed E-state index contributed by atoms with van der Waals surface area (Å²) in [5.74, 6) is 3.55. The van der Waals surface area contributed by atoms with E-state index in [9.17, 15) is 0 Å². The first-order valence-electron chi connectivity index (χ1n) is 8.74. The largest absolute Gasteiger partial charge is 0.399 e. The molecule has 114 valence electrons. The second kappa shape index (κ2) is 6.68. The number of hydrogen-bond donors (Lipinski definition) is 1. The highest BCUT2D eigenvalue weighted by Gasteiger charge is 2.30. The zero-order chi connectivity index (χ0) is 14.7. The van der Waals surface area contributed by atoms with Gasteiger partial charge in [0.15, 0.2) is 0 Å². The Bertz CT molecular complexity index is 445. The summed E-state index contributed by atoms with van der Waals surface area (Å²) in [5, 5.41) is 0. The summed E-state index contributed by atoms with van der Waals surface area (Å²) in [6.45, 7) is 3.96. The van der Waals surface area contributed by atoms with Crippen molar-refractivity contribution >= 4 is 5.69 Å². The van der Waals surface area contributed by atoms with Gasteiger partial charge in [0.1, 0.15) is 0 Å². The van der Waals surface area contributed by atoms with E-state index in [2.05, 4.69) is 36.9 Å². The van der Waals surface area contributed by atoms with Crippen LogP contribution in [0.2, 0.25) is 0 Å². The van der Waals surface area contributed by atoms with Crippen LogP contribution in [-0.4, -0.2) is 0 Å². The summed E-state index contributed by atoms with van der Waals surface area (Å²) < 4.78 is 0. The third-order valence-corrected chi connectivity index (χ3v) is 6.00. The van der Waals surface area contributed by atoms with Crippen LogP contribution >= 0.6 is 0 Å². The molecule has 0 atom stereocenters. The Kier molecular flexibility index (Phi) is 4.67. The van der Waals surface area contributed by atoms with Gasteiger partial charge in [-0.05, 0) is 92.7 Å². The van der Waals surface area contributed by atoms with Crippen molar-refractivity contribution in [2.45, 2.75) is 57.3 Å². The molecule has 0 radical (unpaired) electrons. The number of allylic oxidation sites excluding steroid dienone is 1. The van der Waals surface area contributed by atoms with Gasteiger partial charge in [0.25, 0.3) is 0 Å². The Morgan fingerprint density at radius 3 is 1.86 bits per heavy atom. The number of nitrogen functional groups attached to an aromatic ring is 1. The number of anilines is 1. The van der Waals surface area contributed by atoms with Crippen LogP contribution in [0.3, 0.4) is 0 Å². The van der Waals surface area contributed by atoms with Crippen molar-refractivity contribution in [3.8, 4) is 0 Å². The average molecular weight is 283 g/mol.